The predicted octanol–water partition coefficient (Wildman–Crippen LogP) is 3.52. The molecule has 2 aliphatic rings. The fourth-order valence-electron chi connectivity index (χ4n) is 3.16. The molecule has 1 saturated carbocycles. The van der Waals surface area contributed by atoms with Gasteiger partial charge in [-0.3, -0.25) is 0 Å². The number of rotatable bonds is 3. The van der Waals surface area contributed by atoms with E-state index in [9.17, 15) is 0 Å². The van der Waals surface area contributed by atoms with E-state index >= 15 is 0 Å². The van der Waals surface area contributed by atoms with Crippen LogP contribution in [-0.2, 0) is 9.47 Å². The molecular weight excluding hydrogens is 200 g/mol. The minimum atomic E-state index is -0.302. The molecule has 2 atom stereocenters. The molecule has 1 aliphatic heterocycles. The van der Waals surface area contributed by atoms with Gasteiger partial charge in [0.05, 0.1) is 6.61 Å². The summed E-state index contributed by atoms with van der Waals surface area (Å²) in [5.74, 6) is 0.779. The van der Waals surface area contributed by atoms with Crippen LogP contribution >= 0.6 is 0 Å². The molecule has 0 amide bonds. The van der Waals surface area contributed by atoms with E-state index in [1.165, 1.54) is 37.7 Å². The van der Waals surface area contributed by atoms with Gasteiger partial charge in [-0.15, -0.1) is 0 Å². The second-order valence-electron chi connectivity index (χ2n) is 5.41. The number of methoxy groups -OCH3 is 1. The quantitative estimate of drug-likeness (QED) is 0.683. The van der Waals surface area contributed by atoms with E-state index in [-0.39, 0.29) is 5.79 Å². The third kappa shape index (κ3) is 2.18. The van der Waals surface area contributed by atoms with Gasteiger partial charge in [0.25, 0.3) is 0 Å². The van der Waals surface area contributed by atoms with Crippen molar-refractivity contribution < 1.29 is 9.47 Å². The fraction of sp³-hybridized carbons (Fsp3) is 0.857. The normalized spacial score (nSPS) is 36.5. The lowest BCUT2D eigenvalue weighted by Crippen LogP contribution is -2.40. The molecule has 2 nitrogen and oxygen atoms in total. The monoisotopic (exact) mass is 224 g/mol. The molecule has 2 fully saturated rings. The number of ether oxygens (including phenoxy) is 2. The molecule has 92 valence electrons. The van der Waals surface area contributed by atoms with Gasteiger partial charge in [0, 0.05) is 25.4 Å². The van der Waals surface area contributed by atoms with E-state index in [0.29, 0.717) is 11.8 Å². The smallest absolute Gasteiger partial charge is 0.171 e. The summed E-state index contributed by atoms with van der Waals surface area (Å²) in [5, 5.41) is 0. The molecule has 1 heterocycles. The topological polar surface area (TPSA) is 18.5 Å². The Kier molecular flexibility index (Phi) is 3.70. The molecule has 0 radical (unpaired) electrons. The Labute approximate surface area is 99.0 Å². The van der Waals surface area contributed by atoms with E-state index in [2.05, 4.69) is 13.5 Å². The van der Waals surface area contributed by atoms with Gasteiger partial charge in [-0.25, -0.2) is 0 Å². The maximum absolute atomic E-state index is 6.02. The van der Waals surface area contributed by atoms with Crippen molar-refractivity contribution in [1.29, 1.82) is 0 Å². The summed E-state index contributed by atoms with van der Waals surface area (Å²) in [5.41, 5.74) is 1.23. The molecular formula is C14H24O2. The Morgan fingerprint density at radius 2 is 2.00 bits per heavy atom. The predicted molar refractivity (Wildman–Crippen MR) is 65.2 cm³/mol. The maximum Gasteiger partial charge on any atom is 0.171 e. The minimum absolute atomic E-state index is 0.302. The van der Waals surface area contributed by atoms with E-state index in [4.69, 9.17) is 9.47 Å². The summed E-state index contributed by atoms with van der Waals surface area (Å²) < 4.78 is 11.8. The molecule has 2 heteroatoms. The fourth-order valence-corrected chi connectivity index (χ4v) is 3.16. The van der Waals surface area contributed by atoms with Gasteiger partial charge < -0.3 is 9.47 Å². The van der Waals surface area contributed by atoms with Gasteiger partial charge in [0.2, 0.25) is 0 Å². The third-order valence-electron chi connectivity index (χ3n) is 4.33. The first-order chi connectivity index (χ1) is 7.68. The van der Waals surface area contributed by atoms with Gasteiger partial charge in [0.15, 0.2) is 5.79 Å². The van der Waals surface area contributed by atoms with Crippen LogP contribution in [0.15, 0.2) is 12.2 Å². The van der Waals surface area contributed by atoms with Gasteiger partial charge >= 0.3 is 0 Å². The Balaban J connectivity index is 2.05. The van der Waals surface area contributed by atoms with E-state index in [1.807, 2.05) is 0 Å². The van der Waals surface area contributed by atoms with Gasteiger partial charge in [-0.1, -0.05) is 31.4 Å². The van der Waals surface area contributed by atoms with Crippen molar-refractivity contribution >= 4 is 0 Å². The zero-order valence-corrected chi connectivity index (χ0v) is 10.6. The molecule has 2 rings (SSSR count). The molecule has 2 unspecified atom stereocenters. The molecule has 0 N–H and O–H groups in total. The first-order valence-corrected chi connectivity index (χ1v) is 6.52. The van der Waals surface area contributed by atoms with Gasteiger partial charge in [0.1, 0.15) is 0 Å². The summed E-state index contributed by atoms with van der Waals surface area (Å²) in [6.45, 7) is 6.94. The van der Waals surface area contributed by atoms with Crippen LogP contribution in [0.25, 0.3) is 0 Å². The van der Waals surface area contributed by atoms with Crippen LogP contribution in [0, 0.1) is 11.8 Å². The number of hydrogen-bond acceptors (Lipinski definition) is 2. The first kappa shape index (κ1) is 12.1. The summed E-state index contributed by atoms with van der Waals surface area (Å²) in [6.07, 6.45) is 7.56. The molecule has 16 heavy (non-hydrogen) atoms. The molecule has 0 aromatic rings. The molecule has 0 spiro atoms. The van der Waals surface area contributed by atoms with Crippen LogP contribution in [0.5, 0.6) is 0 Å². The third-order valence-corrected chi connectivity index (χ3v) is 4.33. The second kappa shape index (κ2) is 4.89. The van der Waals surface area contributed by atoms with Crippen molar-refractivity contribution in [2.24, 2.45) is 11.8 Å². The Morgan fingerprint density at radius 1 is 1.31 bits per heavy atom. The van der Waals surface area contributed by atoms with Crippen LogP contribution in [0.2, 0.25) is 0 Å². The van der Waals surface area contributed by atoms with Crippen molar-refractivity contribution in [3.8, 4) is 0 Å². The Bertz CT molecular complexity index is 255. The summed E-state index contributed by atoms with van der Waals surface area (Å²) in [6, 6.07) is 0. The zero-order valence-electron chi connectivity index (χ0n) is 10.6. The lowest BCUT2D eigenvalue weighted by molar-refractivity contribution is -0.232. The van der Waals surface area contributed by atoms with E-state index in [0.717, 1.165) is 13.0 Å². The summed E-state index contributed by atoms with van der Waals surface area (Å²) in [7, 11) is 1.80. The lowest BCUT2D eigenvalue weighted by atomic mass is 9.80. The lowest BCUT2D eigenvalue weighted by Gasteiger charge is -2.37. The van der Waals surface area contributed by atoms with Crippen LogP contribution in [0.1, 0.15) is 45.4 Å². The average Bonchev–Trinajstić information content (AvgIpc) is 2.76. The Hall–Kier alpha value is -0.340. The molecule has 0 aromatic carbocycles. The Morgan fingerprint density at radius 3 is 2.50 bits per heavy atom. The van der Waals surface area contributed by atoms with Crippen LogP contribution in [-0.4, -0.2) is 19.5 Å². The van der Waals surface area contributed by atoms with Gasteiger partial charge in [-0.2, -0.15) is 0 Å². The summed E-state index contributed by atoms with van der Waals surface area (Å²) >= 11 is 0. The molecule has 0 bridgehead atoms. The summed E-state index contributed by atoms with van der Waals surface area (Å²) in [4.78, 5) is 0. The highest BCUT2D eigenvalue weighted by molar-refractivity contribution is 5.03. The van der Waals surface area contributed by atoms with Crippen molar-refractivity contribution in [3.63, 3.8) is 0 Å². The second-order valence-corrected chi connectivity index (χ2v) is 5.41. The maximum atomic E-state index is 6.02. The SMILES string of the molecule is C=C(C)C1COC(OC)(C2CCCCC2)C1. The van der Waals surface area contributed by atoms with Crippen LogP contribution < -0.4 is 0 Å². The standard InChI is InChI=1S/C14H24O2/c1-11(2)12-9-14(15-3,16-10-12)13-7-5-4-6-8-13/h12-13H,1,4-10H2,2-3H3. The number of hydrogen-bond donors (Lipinski definition) is 0. The van der Waals surface area contributed by atoms with Gasteiger partial charge in [-0.05, 0) is 19.8 Å². The highest BCUT2D eigenvalue weighted by Gasteiger charge is 2.47. The average molecular weight is 224 g/mol. The molecule has 1 saturated heterocycles. The van der Waals surface area contributed by atoms with Crippen LogP contribution in [0.3, 0.4) is 0 Å². The first-order valence-electron chi connectivity index (χ1n) is 6.52. The zero-order chi connectivity index (χ0) is 11.6. The van der Waals surface area contributed by atoms with E-state index < -0.39 is 0 Å². The highest BCUT2D eigenvalue weighted by atomic mass is 16.7. The van der Waals surface area contributed by atoms with Crippen molar-refractivity contribution in [3.05, 3.63) is 12.2 Å². The van der Waals surface area contributed by atoms with Crippen molar-refractivity contribution in [2.45, 2.75) is 51.2 Å². The highest BCUT2D eigenvalue weighted by Crippen LogP contribution is 2.44. The minimum Gasteiger partial charge on any atom is -0.353 e. The molecule has 1 aliphatic carbocycles. The van der Waals surface area contributed by atoms with Crippen LogP contribution in [0.4, 0.5) is 0 Å². The van der Waals surface area contributed by atoms with Crippen molar-refractivity contribution in [1.82, 2.24) is 0 Å². The largest absolute Gasteiger partial charge is 0.353 e. The molecule has 0 aromatic heterocycles. The van der Waals surface area contributed by atoms with Crippen molar-refractivity contribution in [2.75, 3.05) is 13.7 Å². The van der Waals surface area contributed by atoms with E-state index in [1.54, 1.807) is 7.11 Å².